The fraction of sp³-hybridized carbons (Fsp3) is 0.333. The number of benzene rings is 2. The van der Waals surface area contributed by atoms with Gasteiger partial charge in [0, 0.05) is 34.5 Å². The summed E-state index contributed by atoms with van der Waals surface area (Å²) >= 11 is 7.85. The molecular formula is C24H24BClN4O2S. The van der Waals surface area contributed by atoms with E-state index >= 15 is 0 Å². The molecule has 3 N–H and O–H groups in total. The first-order valence-electron chi connectivity index (χ1n) is 11.2. The molecule has 1 spiro atoms. The van der Waals surface area contributed by atoms with Crippen molar-refractivity contribution in [1.29, 1.82) is 0 Å². The Balaban J connectivity index is 1.12. The number of anilines is 1. The molecule has 3 aromatic rings. The van der Waals surface area contributed by atoms with Crippen LogP contribution in [0.15, 0.2) is 58.7 Å². The van der Waals surface area contributed by atoms with Crippen LogP contribution in [0.5, 0.6) is 0 Å². The maximum absolute atomic E-state index is 9.88. The van der Waals surface area contributed by atoms with Crippen LogP contribution in [0.4, 0.5) is 5.82 Å². The number of nitrogens with two attached hydrogens (primary N) is 1. The molecule has 6 rings (SSSR count). The van der Waals surface area contributed by atoms with E-state index in [0.717, 1.165) is 53.7 Å². The average molecular weight is 479 g/mol. The van der Waals surface area contributed by atoms with Gasteiger partial charge >= 0.3 is 7.12 Å². The summed E-state index contributed by atoms with van der Waals surface area (Å²) in [7, 11) is -0.942. The predicted molar refractivity (Wildman–Crippen MR) is 131 cm³/mol. The summed E-state index contributed by atoms with van der Waals surface area (Å²) in [5, 5.41) is 11.2. The minimum absolute atomic E-state index is 0.117. The predicted octanol–water partition coefficient (Wildman–Crippen LogP) is 3.34. The van der Waals surface area contributed by atoms with Gasteiger partial charge in [-0.25, -0.2) is 9.97 Å². The lowest BCUT2D eigenvalue weighted by Gasteiger charge is -2.42. The van der Waals surface area contributed by atoms with Crippen LogP contribution >= 0.6 is 23.4 Å². The largest absolute Gasteiger partial charge is 0.493 e. The number of halogens is 1. The van der Waals surface area contributed by atoms with Crippen molar-refractivity contribution in [3.8, 4) is 0 Å². The highest BCUT2D eigenvalue weighted by atomic mass is 35.5. The van der Waals surface area contributed by atoms with E-state index in [-0.39, 0.29) is 11.5 Å². The van der Waals surface area contributed by atoms with E-state index in [1.165, 1.54) is 22.9 Å². The number of piperidine rings is 1. The van der Waals surface area contributed by atoms with Crippen LogP contribution < -0.4 is 16.1 Å². The van der Waals surface area contributed by atoms with Gasteiger partial charge in [0.1, 0.15) is 10.8 Å². The highest BCUT2D eigenvalue weighted by molar-refractivity contribution is 7.99. The second-order valence-corrected chi connectivity index (χ2v) is 10.7. The first-order chi connectivity index (χ1) is 16.0. The molecule has 9 heteroatoms. The van der Waals surface area contributed by atoms with Gasteiger partial charge in [-0.3, -0.25) is 0 Å². The number of fused-ring (bicyclic) bond motifs is 2. The summed E-state index contributed by atoms with van der Waals surface area (Å²) in [6.07, 6.45) is 6.86. The standard InChI is InChI=1S/C24H24BClN4O2S/c26-19-10-17(9-16-14-32-25(31)22(16)19)33-21-13-28-20(12-29-21)30-7-5-24(6-8-30)11-15-3-1-2-4-18(15)23(24)27/h1-4,9-10,12-13,23,31H,5-8,11,14,27H2/t23-/m1/s1. The molecule has 0 bridgehead atoms. The molecule has 6 nitrogen and oxygen atoms in total. The SMILES string of the molecule is N[C@@H]1c2ccccc2CC12CCN(c1cnc(Sc3cc(Cl)c4c(c3)COB4O)cn1)CC2. The van der Waals surface area contributed by atoms with Gasteiger partial charge in [-0.2, -0.15) is 0 Å². The van der Waals surface area contributed by atoms with E-state index in [1.54, 1.807) is 0 Å². The Morgan fingerprint density at radius 1 is 1.15 bits per heavy atom. The quantitative estimate of drug-likeness (QED) is 0.559. The van der Waals surface area contributed by atoms with Crippen molar-refractivity contribution in [3.05, 3.63) is 70.5 Å². The molecule has 3 heterocycles. The maximum atomic E-state index is 9.88. The van der Waals surface area contributed by atoms with Crippen molar-refractivity contribution in [3.63, 3.8) is 0 Å². The molecule has 1 aromatic heterocycles. The highest BCUT2D eigenvalue weighted by Crippen LogP contribution is 2.50. The molecule has 0 unspecified atom stereocenters. The van der Waals surface area contributed by atoms with Crippen molar-refractivity contribution >= 4 is 41.8 Å². The summed E-state index contributed by atoms with van der Waals surface area (Å²) in [5.41, 5.74) is 11.2. The minimum atomic E-state index is -0.942. The van der Waals surface area contributed by atoms with Gasteiger partial charge < -0.3 is 20.3 Å². The molecule has 3 aliphatic rings. The van der Waals surface area contributed by atoms with Gasteiger partial charge in [-0.15, -0.1) is 0 Å². The summed E-state index contributed by atoms with van der Waals surface area (Å²) in [6, 6.07) is 12.6. The van der Waals surface area contributed by atoms with Gasteiger partial charge in [0.05, 0.1) is 19.0 Å². The molecular weight excluding hydrogens is 455 g/mol. The fourth-order valence-electron chi connectivity index (χ4n) is 5.49. The fourth-order valence-corrected chi connectivity index (χ4v) is 6.71. The molecule has 0 saturated carbocycles. The van der Waals surface area contributed by atoms with E-state index < -0.39 is 7.12 Å². The van der Waals surface area contributed by atoms with E-state index in [9.17, 15) is 5.02 Å². The molecule has 1 aliphatic carbocycles. The third-order valence-electron chi connectivity index (χ3n) is 7.34. The number of nitrogens with zero attached hydrogens (tertiary/aromatic N) is 3. The summed E-state index contributed by atoms with van der Waals surface area (Å²) in [6.45, 7) is 2.23. The third-order valence-corrected chi connectivity index (χ3v) is 8.55. The smallest absolute Gasteiger partial charge is 0.423 e. The minimum Gasteiger partial charge on any atom is -0.423 e. The van der Waals surface area contributed by atoms with Gasteiger partial charge in [0.2, 0.25) is 0 Å². The van der Waals surface area contributed by atoms with Crippen LogP contribution in [-0.4, -0.2) is 35.2 Å². The van der Waals surface area contributed by atoms with Gasteiger partial charge in [-0.05, 0) is 53.5 Å². The first kappa shape index (κ1) is 21.4. The molecule has 33 heavy (non-hydrogen) atoms. The molecule has 0 amide bonds. The Bertz CT molecular complexity index is 1200. The summed E-state index contributed by atoms with van der Waals surface area (Å²) < 4.78 is 5.27. The molecule has 1 fully saturated rings. The number of aromatic nitrogens is 2. The van der Waals surface area contributed by atoms with Crippen LogP contribution in [0.1, 0.15) is 35.6 Å². The normalized spacial score (nSPS) is 20.9. The van der Waals surface area contributed by atoms with Crippen molar-refractivity contribution in [1.82, 2.24) is 9.97 Å². The zero-order valence-corrected chi connectivity index (χ0v) is 19.6. The van der Waals surface area contributed by atoms with E-state index in [1.807, 2.05) is 24.5 Å². The van der Waals surface area contributed by atoms with Gasteiger partial charge in [0.15, 0.2) is 0 Å². The molecule has 0 radical (unpaired) electrons. The molecule has 168 valence electrons. The van der Waals surface area contributed by atoms with E-state index in [0.29, 0.717) is 17.1 Å². The van der Waals surface area contributed by atoms with Gasteiger partial charge in [-0.1, -0.05) is 47.6 Å². The zero-order valence-electron chi connectivity index (χ0n) is 18.1. The monoisotopic (exact) mass is 478 g/mol. The average Bonchev–Trinajstić information content (AvgIpc) is 3.33. The molecule has 2 aromatic carbocycles. The third kappa shape index (κ3) is 3.74. The molecule has 1 atom stereocenters. The van der Waals surface area contributed by atoms with Crippen LogP contribution in [0, 0.1) is 5.41 Å². The Morgan fingerprint density at radius 2 is 1.97 bits per heavy atom. The first-order valence-corrected chi connectivity index (χ1v) is 12.4. The van der Waals surface area contributed by atoms with E-state index in [2.05, 4.69) is 34.1 Å². The lowest BCUT2D eigenvalue weighted by molar-refractivity contribution is 0.187. The van der Waals surface area contributed by atoms with Crippen molar-refractivity contribution < 1.29 is 9.68 Å². The number of hydrogen-bond acceptors (Lipinski definition) is 7. The van der Waals surface area contributed by atoms with Crippen LogP contribution in [0.3, 0.4) is 0 Å². The Labute approximate surface area is 202 Å². The number of rotatable bonds is 3. The van der Waals surface area contributed by atoms with Crippen molar-refractivity contribution in [2.45, 2.75) is 41.8 Å². The number of hydrogen-bond donors (Lipinski definition) is 2. The maximum Gasteiger partial charge on any atom is 0.493 e. The lowest BCUT2D eigenvalue weighted by Crippen LogP contribution is -2.44. The second kappa shape index (κ2) is 8.29. The van der Waals surface area contributed by atoms with Crippen LogP contribution in [0.2, 0.25) is 5.02 Å². The summed E-state index contributed by atoms with van der Waals surface area (Å²) in [5.74, 6) is 0.904. The Hall–Kier alpha value is -2.10. The topological polar surface area (TPSA) is 84.5 Å². The van der Waals surface area contributed by atoms with Crippen molar-refractivity contribution in [2.24, 2.45) is 11.1 Å². The van der Waals surface area contributed by atoms with Gasteiger partial charge in [0.25, 0.3) is 0 Å². The Morgan fingerprint density at radius 3 is 2.73 bits per heavy atom. The molecule has 2 aliphatic heterocycles. The van der Waals surface area contributed by atoms with Crippen LogP contribution in [0.25, 0.3) is 0 Å². The van der Waals surface area contributed by atoms with Crippen LogP contribution in [-0.2, 0) is 17.7 Å². The summed E-state index contributed by atoms with van der Waals surface area (Å²) in [4.78, 5) is 12.6. The van der Waals surface area contributed by atoms with E-state index in [4.69, 9.17) is 27.0 Å². The zero-order chi connectivity index (χ0) is 22.6. The second-order valence-electron chi connectivity index (χ2n) is 9.16. The Kier molecular flexibility index (Phi) is 5.38. The lowest BCUT2D eigenvalue weighted by atomic mass is 9.73. The molecule has 1 saturated heterocycles. The van der Waals surface area contributed by atoms with Crippen molar-refractivity contribution in [2.75, 3.05) is 18.0 Å². The highest BCUT2D eigenvalue weighted by Gasteiger charge is 2.45.